The number of hydrogen-bond donors (Lipinski definition) is 1. The van der Waals surface area contributed by atoms with Gasteiger partial charge in [0.05, 0.1) is 11.3 Å². The molecule has 0 fully saturated rings. The van der Waals surface area contributed by atoms with Gasteiger partial charge in [0.1, 0.15) is 0 Å². The first kappa shape index (κ1) is 9.22. The molecule has 0 bridgehead atoms. The van der Waals surface area contributed by atoms with Crippen molar-refractivity contribution in [2.45, 2.75) is 19.1 Å². The van der Waals surface area contributed by atoms with Gasteiger partial charge in [0.2, 0.25) is 0 Å². The van der Waals surface area contributed by atoms with Gasteiger partial charge in [0, 0.05) is 11.1 Å². The number of aliphatic hydroxyl groups is 1. The second kappa shape index (κ2) is 2.88. The molecule has 0 amide bonds. The van der Waals surface area contributed by atoms with Gasteiger partial charge < -0.3 is 5.11 Å². The zero-order valence-corrected chi connectivity index (χ0v) is 7.21. The monoisotopic (exact) mass is 189 g/mol. The van der Waals surface area contributed by atoms with E-state index >= 15 is 0 Å². The smallest absolute Gasteiger partial charge is 0.327 e. The number of nitrogens with zero attached hydrogens (tertiary/aromatic N) is 1. The summed E-state index contributed by atoms with van der Waals surface area (Å²) >= 11 is 5.62. The van der Waals surface area contributed by atoms with Crippen LogP contribution in [-0.4, -0.2) is 15.8 Å². The Morgan fingerprint density at radius 3 is 2.83 bits per heavy atom. The molecule has 12 heavy (non-hydrogen) atoms. The summed E-state index contributed by atoms with van der Waals surface area (Å²) in [7, 11) is 0. The lowest BCUT2D eigenvalue weighted by atomic mass is 10.0. The van der Waals surface area contributed by atoms with E-state index in [1.54, 1.807) is 13.0 Å². The Bertz CT molecular complexity index is 284. The van der Waals surface area contributed by atoms with Gasteiger partial charge in [-0.1, -0.05) is 17.7 Å². The molecule has 1 aliphatic rings. The largest absolute Gasteiger partial charge is 0.347 e. The van der Waals surface area contributed by atoms with Gasteiger partial charge in [-0.05, 0) is 12.5 Å². The molecular weight excluding hydrogens is 182 g/mol. The van der Waals surface area contributed by atoms with E-state index in [4.69, 9.17) is 11.6 Å². The van der Waals surface area contributed by atoms with Crippen LogP contribution in [0.15, 0.2) is 22.8 Å². The van der Waals surface area contributed by atoms with Gasteiger partial charge in [0.25, 0.3) is 0 Å². The fraction of sp³-hybridized carbons (Fsp3) is 0.429. The van der Waals surface area contributed by atoms with Crippen molar-refractivity contribution in [1.82, 2.24) is 0 Å². The molecule has 5 heteroatoms. The third-order valence-corrected chi connectivity index (χ3v) is 2.17. The Balaban J connectivity index is 2.98. The van der Waals surface area contributed by atoms with Gasteiger partial charge in [-0.15, -0.1) is 0 Å². The highest BCUT2D eigenvalue weighted by Crippen LogP contribution is 2.28. The van der Waals surface area contributed by atoms with Gasteiger partial charge >= 0.3 is 5.72 Å². The van der Waals surface area contributed by atoms with Crippen LogP contribution in [0, 0.1) is 10.1 Å². The van der Waals surface area contributed by atoms with Crippen molar-refractivity contribution in [3.8, 4) is 0 Å². The zero-order chi connectivity index (χ0) is 9.35. The predicted molar refractivity (Wildman–Crippen MR) is 44.3 cm³/mol. The standard InChI is InChI=1S/C7H8ClNO3/c1-5-2-3-7(10,9(11)12)4-6(5)8/h2,4,10H,3H2,1H3. The van der Waals surface area contributed by atoms with Crippen molar-refractivity contribution in [2.75, 3.05) is 0 Å². The van der Waals surface area contributed by atoms with Crippen molar-refractivity contribution >= 4 is 11.6 Å². The van der Waals surface area contributed by atoms with Crippen molar-refractivity contribution in [3.63, 3.8) is 0 Å². The fourth-order valence-electron chi connectivity index (χ4n) is 0.904. The molecule has 0 radical (unpaired) electrons. The normalized spacial score (nSPS) is 29.2. The fourth-order valence-corrected chi connectivity index (χ4v) is 1.16. The van der Waals surface area contributed by atoms with E-state index in [1.165, 1.54) is 0 Å². The maximum absolute atomic E-state index is 10.4. The number of rotatable bonds is 1. The molecule has 4 nitrogen and oxygen atoms in total. The average molecular weight is 190 g/mol. The van der Waals surface area contributed by atoms with E-state index in [0.29, 0.717) is 0 Å². The lowest BCUT2D eigenvalue weighted by molar-refractivity contribution is -0.607. The predicted octanol–water partition coefficient (Wildman–Crippen LogP) is 1.42. The SMILES string of the molecule is CC1=CCC(O)([N+](=O)[O-])C=C1Cl. The Kier molecular flexibility index (Phi) is 2.21. The first-order valence-electron chi connectivity index (χ1n) is 3.38. The molecule has 66 valence electrons. The highest BCUT2D eigenvalue weighted by atomic mass is 35.5. The van der Waals surface area contributed by atoms with Crippen molar-refractivity contribution in [2.24, 2.45) is 0 Å². The molecule has 0 saturated heterocycles. The molecular formula is C7H8ClNO3. The molecule has 1 rings (SSSR count). The van der Waals surface area contributed by atoms with Crippen molar-refractivity contribution < 1.29 is 10.0 Å². The third kappa shape index (κ3) is 1.49. The van der Waals surface area contributed by atoms with Gasteiger partial charge in [-0.25, -0.2) is 0 Å². The van der Waals surface area contributed by atoms with Crippen LogP contribution in [0.3, 0.4) is 0 Å². The van der Waals surface area contributed by atoms with E-state index in [2.05, 4.69) is 0 Å². The summed E-state index contributed by atoms with van der Waals surface area (Å²) in [4.78, 5) is 9.60. The zero-order valence-electron chi connectivity index (χ0n) is 6.45. The van der Waals surface area contributed by atoms with Crippen LogP contribution >= 0.6 is 11.6 Å². The summed E-state index contributed by atoms with van der Waals surface area (Å²) in [6.07, 6.45) is 2.58. The van der Waals surface area contributed by atoms with Crippen LogP contribution in [0.5, 0.6) is 0 Å². The number of nitro groups is 1. The summed E-state index contributed by atoms with van der Waals surface area (Å²) in [6, 6.07) is 0. The number of hydrogen-bond acceptors (Lipinski definition) is 3. The minimum atomic E-state index is -2.02. The van der Waals surface area contributed by atoms with Gasteiger partial charge in [-0.3, -0.25) is 10.1 Å². The van der Waals surface area contributed by atoms with Crippen LogP contribution < -0.4 is 0 Å². The molecule has 1 atom stereocenters. The van der Waals surface area contributed by atoms with E-state index in [-0.39, 0.29) is 11.5 Å². The Morgan fingerprint density at radius 2 is 2.42 bits per heavy atom. The second-order valence-corrected chi connectivity index (χ2v) is 3.13. The topological polar surface area (TPSA) is 63.4 Å². The molecule has 0 saturated carbocycles. The lowest BCUT2D eigenvalue weighted by Gasteiger charge is -2.18. The minimum absolute atomic E-state index is 0.0257. The van der Waals surface area contributed by atoms with E-state index in [9.17, 15) is 15.2 Å². The maximum Gasteiger partial charge on any atom is 0.347 e. The minimum Gasteiger partial charge on any atom is -0.327 e. The molecule has 0 aliphatic heterocycles. The Morgan fingerprint density at radius 1 is 1.83 bits per heavy atom. The summed E-state index contributed by atoms with van der Waals surface area (Å²) in [6.45, 7) is 1.73. The summed E-state index contributed by atoms with van der Waals surface area (Å²) in [5, 5.41) is 19.9. The summed E-state index contributed by atoms with van der Waals surface area (Å²) in [5.41, 5.74) is -1.26. The van der Waals surface area contributed by atoms with Crippen molar-refractivity contribution in [1.29, 1.82) is 0 Å². The lowest BCUT2D eigenvalue weighted by Crippen LogP contribution is -2.36. The van der Waals surface area contributed by atoms with Crippen LogP contribution in [0.25, 0.3) is 0 Å². The Hall–Kier alpha value is -0.870. The van der Waals surface area contributed by atoms with Crippen molar-refractivity contribution in [3.05, 3.63) is 32.9 Å². The van der Waals surface area contributed by atoms with Gasteiger partial charge in [0.15, 0.2) is 0 Å². The van der Waals surface area contributed by atoms with Crippen LogP contribution in [0.2, 0.25) is 0 Å². The highest BCUT2D eigenvalue weighted by Gasteiger charge is 2.39. The third-order valence-electron chi connectivity index (χ3n) is 1.76. The first-order valence-corrected chi connectivity index (χ1v) is 3.76. The van der Waals surface area contributed by atoms with Crippen LogP contribution in [0.4, 0.5) is 0 Å². The molecule has 0 heterocycles. The number of halogens is 1. The van der Waals surface area contributed by atoms with E-state index in [0.717, 1.165) is 11.6 Å². The second-order valence-electron chi connectivity index (χ2n) is 2.72. The quantitative estimate of drug-likeness (QED) is 0.386. The first-order chi connectivity index (χ1) is 5.46. The highest BCUT2D eigenvalue weighted by molar-refractivity contribution is 6.32. The average Bonchev–Trinajstić information content (AvgIpc) is 1.97. The molecule has 1 unspecified atom stereocenters. The Labute approximate surface area is 74.3 Å². The molecule has 0 aromatic rings. The molecule has 1 aliphatic carbocycles. The molecule has 1 N–H and O–H groups in total. The van der Waals surface area contributed by atoms with Crippen LogP contribution in [0.1, 0.15) is 13.3 Å². The molecule has 0 spiro atoms. The van der Waals surface area contributed by atoms with Gasteiger partial charge in [-0.2, -0.15) is 0 Å². The van der Waals surface area contributed by atoms with E-state index in [1.807, 2.05) is 0 Å². The van der Waals surface area contributed by atoms with E-state index < -0.39 is 10.6 Å². The maximum atomic E-state index is 10.4. The molecule has 0 aromatic heterocycles. The summed E-state index contributed by atoms with van der Waals surface area (Å²) in [5.74, 6) is 0. The molecule has 0 aromatic carbocycles. The van der Waals surface area contributed by atoms with Crippen LogP contribution in [-0.2, 0) is 0 Å². The number of allylic oxidation sites excluding steroid dienone is 2. The summed E-state index contributed by atoms with van der Waals surface area (Å²) < 4.78 is 0.